The van der Waals surface area contributed by atoms with E-state index in [-0.39, 0.29) is 36.3 Å². The molecule has 0 aliphatic heterocycles. The van der Waals surface area contributed by atoms with Gasteiger partial charge in [-0.15, -0.1) is 0 Å². The zero-order chi connectivity index (χ0) is 21.5. The molecule has 154 valence electrons. The van der Waals surface area contributed by atoms with Crippen LogP contribution in [0.2, 0.25) is 0 Å². The number of methoxy groups -OCH3 is 1. The Morgan fingerprint density at radius 3 is 2.23 bits per heavy atom. The van der Waals surface area contributed by atoms with E-state index in [1.807, 2.05) is 42.5 Å². The summed E-state index contributed by atoms with van der Waals surface area (Å²) < 4.78 is 18.7. The van der Waals surface area contributed by atoms with Gasteiger partial charge >= 0.3 is 0 Å². The lowest BCUT2D eigenvalue weighted by molar-refractivity contribution is -0.121. The van der Waals surface area contributed by atoms with Gasteiger partial charge in [0.1, 0.15) is 0 Å². The van der Waals surface area contributed by atoms with Gasteiger partial charge in [0.2, 0.25) is 5.91 Å². The molecule has 5 heteroatoms. The standard InChI is InChI=1S/C25H24FNO3/c1-17(21-12-14-24(30-2)22(26)16-21)27-25(29)15-13-23(28)20-10-8-19(9-11-20)18-6-4-3-5-7-18/h3-12,14,16-17H,13,15H2,1-2H3,(H,27,29)/t17-/m1/s1. The van der Waals surface area contributed by atoms with Crippen LogP contribution in [0, 0.1) is 5.82 Å². The molecular formula is C25H24FNO3. The van der Waals surface area contributed by atoms with E-state index in [0.29, 0.717) is 11.1 Å². The second-order valence-corrected chi connectivity index (χ2v) is 7.05. The van der Waals surface area contributed by atoms with Gasteiger partial charge in [-0.25, -0.2) is 4.39 Å². The molecule has 3 rings (SSSR count). The molecule has 1 atom stereocenters. The largest absolute Gasteiger partial charge is 0.494 e. The average molecular weight is 405 g/mol. The Kier molecular flexibility index (Phi) is 6.96. The van der Waals surface area contributed by atoms with Gasteiger partial charge in [0.05, 0.1) is 13.2 Å². The lowest BCUT2D eigenvalue weighted by Crippen LogP contribution is -2.27. The lowest BCUT2D eigenvalue weighted by atomic mass is 10.0. The molecule has 0 saturated heterocycles. The summed E-state index contributed by atoms with van der Waals surface area (Å²) >= 11 is 0. The van der Waals surface area contributed by atoms with Crippen LogP contribution in [0.1, 0.15) is 41.7 Å². The van der Waals surface area contributed by atoms with E-state index in [0.717, 1.165) is 11.1 Å². The van der Waals surface area contributed by atoms with E-state index < -0.39 is 5.82 Å². The minimum absolute atomic E-state index is 0.0717. The zero-order valence-electron chi connectivity index (χ0n) is 17.0. The maximum absolute atomic E-state index is 13.8. The van der Waals surface area contributed by atoms with Crippen LogP contribution < -0.4 is 10.1 Å². The molecule has 0 radical (unpaired) electrons. The van der Waals surface area contributed by atoms with Gasteiger partial charge < -0.3 is 10.1 Å². The summed E-state index contributed by atoms with van der Waals surface area (Å²) in [6, 6.07) is 21.5. The molecule has 1 amide bonds. The molecule has 1 N–H and O–H groups in total. The molecule has 4 nitrogen and oxygen atoms in total. The summed E-state index contributed by atoms with van der Waals surface area (Å²) in [5, 5.41) is 2.80. The van der Waals surface area contributed by atoms with E-state index in [2.05, 4.69) is 5.32 Å². The van der Waals surface area contributed by atoms with E-state index in [1.54, 1.807) is 25.1 Å². The number of hydrogen-bond acceptors (Lipinski definition) is 3. The zero-order valence-corrected chi connectivity index (χ0v) is 17.0. The number of benzene rings is 3. The Labute approximate surface area is 175 Å². The van der Waals surface area contributed by atoms with Crippen molar-refractivity contribution in [2.75, 3.05) is 7.11 Å². The fourth-order valence-corrected chi connectivity index (χ4v) is 3.20. The van der Waals surface area contributed by atoms with Crippen LogP contribution >= 0.6 is 0 Å². The average Bonchev–Trinajstić information content (AvgIpc) is 2.78. The summed E-state index contributed by atoms with van der Waals surface area (Å²) in [5.41, 5.74) is 3.32. The first-order chi connectivity index (χ1) is 14.5. The minimum atomic E-state index is -0.481. The normalized spacial score (nSPS) is 11.6. The van der Waals surface area contributed by atoms with Crippen LogP contribution in [0.3, 0.4) is 0 Å². The van der Waals surface area contributed by atoms with Gasteiger partial charge in [0, 0.05) is 18.4 Å². The van der Waals surface area contributed by atoms with Crippen molar-refractivity contribution in [1.29, 1.82) is 0 Å². The molecule has 0 aliphatic carbocycles. The molecule has 0 aromatic heterocycles. The second-order valence-electron chi connectivity index (χ2n) is 7.05. The number of hydrogen-bond donors (Lipinski definition) is 1. The number of nitrogens with one attached hydrogen (secondary N) is 1. The quantitative estimate of drug-likeness (QED) is 0.515. The molecule has 0 saturated carbocycles. The highest BCUT2D eigenvalue weighted by molar-refractivity contribution is 5.98. The highest BCUT2D eigenvalue weighted by Gasteiger charge is 2.14. The summed E-state index contributed by atoms with van der Waals surface area (Å²) in [6.07, 6.45) is 0.183. The van der Waals surface area contributed by atoms with Gasteiger partial charge in [-0.3, -0.25) is 9.59 Å². The molecule has 0 heterocycles. The van der Waals surface area contributed by atoms with Crippen molar-refractivity contribution in [3.63, 3.8) is 0 Å². The molecule has 3 aromatic rings. The van der Waals surface area contributed by atoms with Crippen LogP contribution in [-0.4, -0.2) is 18.8 Å². The lowest BCUT2D eigenvalue weighted by Gasteiger charge is -2.15. The Morgan fingerprint density at radius 1 is 0.933 bits per heavy atom. The van der Waals surface area contributed by atoms with E-state index in [9.17, 15) is 14.0 Å². The molecule has 0 spiro atoms. The molecule has 0 unspecified atom stereocenters. The van der Waals surface area contributed by atoms with Gasteiger partial charge in [0.15, 0.2) is 17.3 Å². The molecule has 0 bridgehead atoms. The predicted octanol–water partition coefficient (Wildman–Crippen LogP) is 5.34. The van der Waals surface area contributed by atoms with Gasteiger partial charge in [0.25, 0.3) is 0 Å². The maximum Gasteiger partial charge on any atom is 0.220 e. The molecule has 0 aliphatic rings. The Balaban J connectivity index is 1.53. The number of amides is 1. The molecule has 0 fully saturated rings. The first-order valence-electron chi connectivity index (χ1n) is 9.79. The number of rotatable bonds is 8. The summed E-state index contributed by atoms with van der Waals surface area (Å²) in [6.45, 7) is 1.77. The van der Waals surface area contributed by atoms with Crippen LogP contribution in [0.25, 0.3) is 11.1 Å². The number of Topliss-reactive ketones (excluding diaryl/α,β-unsaturated/α-hetero) is 1. The smallest absolute Gasteiger partial charge is 0.220 e. The summed E-state index contributed by atoms with van der Waals surface area (Å²) in [4.78, 5) is 24.7. The van der Waals surface area contributed by atoms with Gasteiger partial charge in [-0.2, -0.15) is 0 Å². The van der Waals surface area contributed by atoms with Crippen molar-refractivity contribution in [3.05, 3.63) is 89.7 Å². The minimum Gasteiger partial charge on any atom is -0.494 e. The number of carbonyl (C=O) groups excluding carboxylic acids is 2. The van der Waals surface area contributed by atoms with Crippen LogP contribution in [0.5, 0.6) is 5.75 Å². The van der Waals surface area contributed by atoms with Crippen molar-refractivity contribution >= 4 is 11.7 Å². The maximum atomic E-state index is 13.8. The van der Waals surface area contributed by atoms with E-state index in [1.165, 1.54) is 19.2 Å². The summed E-state index contributed by atoms with van der Waals surface area (Å²) in [5.74, 6) is -0.674. The first kappa shape index (κ1) is 21.2. The molecule has 3 aromatic carbocycles. The summed E-state index contributed by atoms with van der Waals surface area (Å²) in [7, 11) is 1.40. The monoisotopic (exact) mass is 405 g/mol. The molecular weight excluding hydrogens is 381 g/mol. The van der Waals surface area contributed by atoms with Crippen LogP contribution in [0.15, 0.2) is 72.8 Å². The van der Waals surface area contributed by atoms with E-state index >= 15 is 0 Å². The van der Waals surface area contributed by atoms with Crippen molar-refractivity contribution in [2.45, 2.75) is 25.8 Å². The third kappa shape index (κ3) is 5.32. The number of ketones is 1. The Morgan fingerprint density at radius 2 is 1.60 bits per heavy atom. The SMILES string of the molecule is COc1ccc([C@@H](C)NC(=O)CCC(=O)c2ccc(-c3ccccc3)cc2)cc1F. The predicted molar refractivity (Wildman–Crippen MR) is 115 cm³/mol. The van der Waals surface area contributed by atoms with Crippen molar-refractivity contribution < 1.29 is 18.7 Å². The number of halogens is 1. The van der Waals surface area contributed by atoms with Crippen molar-refractivity contribution in [2.24, 2.45) is 0 Å². The van der Waals surface area contributed by atoms with E-state index in [4.69, 9.17) is 4.74 Å². The number of ether oxygens (including phenoxy) is 1. The molecule has 30 heavy (non-hydrogen) atoms. The fraction of sp³-hybridized carbons (Fsp3) is 0.200. The third-order valence-corrected chi connectivity index (χ3v) is 4.95. The van der Waals surface area contributed by atoms with Gasteiger partial charge in [-0.05, 0) is 35.7 Å². The first-order valence-corrected chi connectivity index (χ1v) is 9.79. The second kappa shape index (κ2) is 9.83. The third-order valence-electron chi connectivity index (χ3n) is 4.95. The van der Waals surface area contributed by atoms with Crippen LogP contribution in [-0.2, 0) is 4.79 Å². The number of carbonyl (C=O) groups is 2. The highest BCUT2D eigenvalue weighted by atomic mass is 19.1. The Hall–Kier alpha value is -3.47. The van der Waals surface area contributed by atoms with Gasteiger partial charge in [-0.1, -0.05) is 60.7 Å². The Bertz CT molecular complexity index is 1020. The van der Waals surface area contributed by atoms with Crippen molar-refractivity contribution in [1.82, 2.24) is 5.32 Å². The van der Waals surface area contributed by atoms with Crippen molar-refractivity contribution in [3.8, 4) is 16.9 Å². The topological polar surface area (TPSA) is 55.4 Å². The fourth-order valence-electron chi connectivity index (χ4n) is 3.20. The van der Waals surface area contributed by atoms with Crippen LogP contribution in [0.4, 0.5) is 4.39 Å². The highest BCUT2D eigenvalue weighted by Crippen LogP contribution is 2.22.